The van der Waals surface area contributed by atoms with Gasteiger partial charge in [0.1, 0.15) is 4.90 Å². The molecule has 17 heavy (non-hydrogen) atoms. The van der Waals surface area contributed by atoms with Crippen LogP contribution in [0.4, 0.5) is 0 Å². The van der Waals surface area contributed by atoms with Crippen LogP contribution in [0.15, 0.2) is 4.90 Å². The molecule has 0 bridgehead atoms. The van der Waals surface area contributed by atoms with Gasteiger partial charge in [-0.05, 0) is 26.3 Å². The van der Waals surface area contributed by atoms with Gasteiger partial charge in [-0.25, -0.2) is 13.1 Å². The molecule has 7 heteroatoms. The zero-order chi connectivity index (χ0) is 12.5. The van der Waals surface area contributed by atoms with Gasteiger partial charge in [0.25, 0.3) is 0 Å². The highest BCUT2D eigenvalue weighted by molar-refractivity contribution is 7.89. The third kappa shape index (κ3) is 2.85. The minimum atomic E-state index is -3.43. The summed E-state index contributed by atoms with van der Waals surface area (Å²) in [6, 6.07) is 0.112. The molecule has 0 saturated heterocycles. The third-order valence-electron chi connectivity index (χ3n) is 2.67. The number of nitrogens with one attached hydrogen (secondary N) is 3. The second kappa shape index (κ2) is 4.75. The molecule has 0 unspecified atom stereocenters. The molecule has 1 aromatic rings. The van der Waals surface area contributed by atoms with Gasteiger partial charge in [-0.2, -0.15) is 5.10 Å². The van der Waals surface area contributed by atoms with Gasteiger partial charge < -0.3 is 5.32 Å². The van der Waals surface area contributed by atoms with Crippen molar-refractivity contribution in [3.63, 3.8) is 0 Å². The Bertz CT molecular complexity index is 490. The fourth-order valence-corrected chi connectivity index (χ4v) is 3.34. The number of hydrogen-bond acceptors (Lipinski definition) is 4. The van der Waals surface area contributed by atoms with Gasteiger partial charge in [-0.1, -0.05) is 6.92 Å². The van der Waals surface area contributed by atoms with Crippen molar-refractivity contribution >= 4 is 10.0 Å². The average molecular weight is 258 g/mol. The van der Waals surface area contributed by atoms with E-state index in [9.17, 15) is 8.42 Å². The molecule has 96 valence electrons. The summed E-state index contributed by atoms with van der Waals surface area (Å²) in [5.41, 5.74) is 1.14. The van der Waals surface area contributed by atoms with Gasteiger partial charge in [-0.15, -0.1) is 0 Å². The Hall–Kier alpha value is -0.920. The standard InChI is InChI=1S/C10H18N4O2S/c1-3-11-6-9-10(7(2)12-13-9)17(15,16)14-8-4-5-8/h8,11,14H,3-6H2,1-2H3,(H,12,13). The topological polar surface area (TPSA) is 86.9 Å². The lowest BCUT2D eigenvalue weighted by molar-refractivity contribution is 0.577. The first kappa shape index (κ1) is 12.5. The Kier molecular flexibility index (Phi) is 3.50. The summed E-state index contributed by atoms with van der Waals surface area (Å²) in [4.78, 5) is 0.297. The van der Waals surface area contributed by atoms with Crippen molar-refractivity contribution in [3.05, 3.63) is 11.4 Å². The number of rotatable bonds is 6. The summed E-state index contributed by atoms with van der Waals surface area (Å²) < 4.78 is 27.0. The molecule has 1 fully saturated rings. The van der Waals surface area contributed by atoms with Gasteiger partial charge in [0.2, 0.25) is 10.0 Å². The Labute approximate surface area is 101 Å². The second-order valence-corrected chi connectivity index (χ2v) is 5.95. The van der Waals surface area contributed by atoms with E-state index in [4.69, 9.17) is 0 Å². The highest BCUT2D eigenvalue weighted by Gasteiger charge is 2.31. The quantitative estimate of drug-likeness (QED) is 0.683. The van der Waals surface area contributed by atoms with Gasteiger partial charge in [0.05, 0.1) is 11.4 Å². The van der Waals surface area contributed by atoms with Gasteiger partial charge in [0.15, 0.2) is 0 Å². The number of sulfonamides is 1. The zero-order valence-electron chi connectivity index (χ0n) is 10.1. The minimum Gasteiger partial charge on any atom is -0.311 e. The molecule has 1 saturated carbocycles. The Morgan fingerprint density at radius 3 is 2.76 bits per heavy atom. The molecule has 1 aliphatic carbocycles. The van der Waals surface area contributed by atoms with Crippen molar-refractivity contribution < 1.29 is 8.42 Å². The van der Waals surface area contributed by atoms with Crippen molar-refractivity contribution in [1.82, 2.24) is 20.2 Å². The molecule has 0 aliphatic heterocycles. The fourth-order valence-electron chi connectivity index (χ4n) is 1.67. The van der Waals surface area contributed by atoms with E-state index in [0.717, 1.165) is 19.4 Å². The van der Waals surface area contributed by atoms with Crippen LogP contribution in [-0.4, -0.2) is 31.2 Å². The van der Waals surface area contributed by atoms with Crippen LogP contribution in [0.1, 0.15) is 31.2 Å². The molecule has 0 radical (unpaired) electrons. The molecule has 3 N–H and O–H groups in total. The fraction of sp³-hybridized carbons (Fsp3) is 0.700. The molecule has 1 aliphatic rings. The highest BCUT2D eigenvalue weighted by Crippen LogP contribution is 2.24. The van der Waals surface area contributed by atoms with Crippen molar-refractivity contribution in [3.8, 4) is 0 Å². The van der Waals surface area contributed by atoms with E-state index >= 15 is 0 Å². The summed E-state index contributed by atoms with van der Waals surface area (Å²) in [6.45, 7) is 4.93. The monoisotopic (exact) mass is 258 g/mol. The molecular formula is C10H18N4O2S. The first-order valence-electron chi connectivity index (χ1n) is 5.81. The summed E-state index contributed by atoms with van der Waals surface area (Å²) in [7, 11) is -3.43. The Morgan fingerprint density at radius 2 is 2.18 bits per heavy atom. The predicted molar refractivity (Wildman–Crippen MR) is 64.0 cm³/mol. The van der Waals surface area contributed by atoms with Crippen LogP contribution in [0.25, 0.3) is 0 Å². The van der Waals surface area contributed by atoms with E-state index in [-0.39, 0.29) is 6.04 Å². The van der Waals surface area contributed by atoms with Crippen LogP contribution in [0.3, 0.4) is 0 Å². The molecule has 1 aromatic heterocycles. The number of aryl methyl sites for hydroxylation is 1. The number of hydrogen-bond donors (Lipinski definition) is 3. The average Bonchev–Trinajstić information content (AvgIpc) is 2.96. The molecule has 0 amide bonds. The molecule has 1 heterocycles. The summed E-state index contributed by atoms with van der Waals surface area (Å²) in [5.74, 6) is 0. The summed E-state index contributed by atoms with van der Waals surface area (Å²) >= 11 is 0. The van der Waals surface area contributed by atoms with Crippen LogP contribution in [0, 0.1) is 6.92 Å². The van der Waals surface area contributed by atoms with Crippen LogP contribution in [0.5, 0.6) is 0 Å². The van der Waals surface area contributed by atoms with Crippen molar-refractivity contribution in [1.29, 1.82) is 0 Å². The maximum atomic E-state index is 12.1. The van der Waals surface area contributed by atoms with Crippen molar-refractivity contribution in [2.75, 3.05) is 6.54 Å². The largest absolute Gasteiger partial charge is 0.311 e. The third-order valence-corrected chi connectivity index (χ3v) is 4.39. The normalized spacial score (nSPS) is 16.4. The summed E-state index contributed by atoms with van der Waals surface area (Å²) in [6.07, 6.45) is 1.86. The molecule has 0 atom stereocenters. The molecule has 0 spiro atoms. The maximum Gasteiger partial charge on any atom is 0.244 e. The number of H-pyrrole nitrogens is 1. The SMILES string of the molecule is CCNCc1n[nH]c(C)c1S(=O)(=O)NC1CC1. The minimum absolute atomic E-state index is 0.112. The zero-order valence-corrected chi connectivity index (χ0v) is 10.9. The first-order valence-corrected chi connectivity index (χ1v) is 7.29. The molecule has 0 aromatic carbocycles. The summed E-state index contributed by atoms with van der Waals surface area (Å²) in [5, 5.41) is 9.86. The number of aromatic nitrogens is 2. The lowest BCUT2D eigenvalue weighted by Crippen LogP contribution is -2.27. The maximum absolute atomic E-state index is 12.1. The smallest absolute Gasteiger partial charge is 0.244 e. The van der Waals surface area contributed by atoms with Crippen LogP contribution in [-0.2, 0) is 16.6 Å². The van der Waals surface area contributed by atoms with E-state index in [1.54, 1.807) is 6.92 Å². The Balaban J connectivity index is 2.25. The Morgan fingerprint density at radius 1 is 1.47 bits per heavy atom. The van der Waals surface area contributed by atoms with Crippen molar-refractivity contribution in [2.45, 2.75) is 44.2 Å². The van der Waals surface area contributed by atoms with E-state index in [1.807, 2.05) is 6.92 Å². The van der Waals surface area contributed by atoms with Gasteiger partial charge in [0, 0.05) is 12.6 Å². The highest BCUT2D eigenvalue weighted by atomic mass is 32.2. The van der Waals surface area contributed by atoms with Crippen LogP contribution >= 0.6 is 0 Å². The molecule has 6 nitrogen and oxygen atoms in total. The van der Waals surface area contributed by atoms with Crippen LogP contribution in [0.2, 0.25) is 0 Å². The number of aromatic amines is 1. The second-order valence-electron chi connectivity index (χ2n) is 4.30. The lowest BCUT2D eigenvalue weighted by Gasteiger charge is -2.07. The van der Waals surface area contributed by atoms with Crippen LogP contribution < -0.4 is 10.0 Å². The van der Waals surface area contributed by atoms with E-state index in [1.165, 1.54) is 0 Å². The van der Waals surface area contributed by atoms with Crippen molar-refractivity contribution in [2.24, 2.45) is 0 Å². The van der Waals surface area contributed by atoms with E-state index in [2.05, 4.69) is 20.2 Å². The van der Waals surface area contributed by atoms with E-state index in [0.29, 0.717) is 22.8 Å². The predicted octanol–water partition coefficient (Wildman–Crippen LogP) is 0.268. The lowest BCUT2D eigenvalue weighted by atomic mass is 10.3. The van der Waals surface area contributed by atoms with E-state index < -0.39 is 10.0 Å². The van der Waals surface area contributed by atoms with Gasteiger partial charge >= 0.3 is 0 Å². The molecule has 2 rings (SSSR count). The number of nitrogens with zero attached hydrogens (tertiary/aromatic N) is 1. The molecular weight excluding hydrogens is 240 g/mol. The first-order chi connectivity index (χ1) is 8.04. The van der Waals surface area contributed by atoms with Gasteiger partial charge in [-0.3, -0.25) is 5.10 Å².